The molecule has 1 amide bonds. The number of amides is 1. The van der Waals surface area contributed by atoms with Gasteiger partial charge in [-0.15, -0.1) is 0 Å². The van der Waals surface area contributed by atoms with Crippen LogP contribution in [0.3, 0.4) is 0 Å². The number of benzene rings is 2. The van der Waals surface area contributed by atoms with Gasteiger partial charge in [0.1, 0.15) is 0 Å². The van der Waals surface area contributed by atoms with Crippen molar-refractivity contribution in [3.63, 3.8) is 0 Å². The normalized spacial score (nSPS) is 10.6. The third kappa shape index (κ3) is 4.44. The molecule has 0 unspecified atom stereocenters. The second-order valence-corrected chi connectivity index (χ2v) is 7.04. The lowest BCUT2D eigenvalue weighted by atomic mass is 10.1. The van der Waals surface area contributed by atoms with Gasteiger partial charge in [-0.1, -0.05) is 29.8 Å². The minimum absolute atomic E-state index is 0.250. The van der Waals surface area contributed by atoms with Crippen molar-refractivity contribution in [2.75, 3.05) is 10.6 Å². The number of carbonyl (C=O) groups excluding carboxylic acids is 1. The fraction of sp³-hybridized carbons (Fsp3) is 0.190. The van der Waals surface area contributed by atoms with E-state index in [4.69, 9.17) is 11.6 Å². The maximum atomic E-state index is 12.5. The zero-order valence-electron chi connectivity index (χ0n) is 15.7. The van der Waals surface area contributed by atoms with E-state index in [0.717, 1.165) is 33.6 Å². The molecule has 0 radical (unpaired) electrons. The summed E-state index contributed by atoms with van der Waals surface area (Å²) in [6.07, 6.45) is 2.99. The Hall–Kier alpha value is -2.92. The molecule has 1 aromatic heterocycles. The number of nitrogens with zero attached hydrogens (tertiary/aromatic N) is 2. The molecule has 0 aliphatic rings. The van der Waals surface area contributed by atoms with Crippen LogP contribution in [0.15, 0.2) is 42.7 Å². The van der Waals surface area contributed by atoms with E-state index in [0.29, 0.717) is 16.5 Å². The van der Waals surface area contributed by atoms with Crippen molar-refractivity contribution < 1.29 is 4.79 Å². The highest BCUT2D eigenvalue weighted by molar-refractivity contribution is 6.33. The summed E-state index contributed by atoms with van der Waals surface area (Å²) in [6.45, 7) is 7.89. The Kier molecular flexibility index (Phi) is 5.42. The van der Waals surface area contributed by atoms with Gasteiger partial charge in [0.2, 0.25) is 5.95 Å². The van der Waals surface area contributed by atoms with Crippen LogP contribution in [-0.4, -0.2) is 15.9 Å². The fourth-order valence-electron chi connectivity index (χ4n) is 2.76. The van der Waals surface area contributed by atoms with Crippen LogP contribution in [0, 0.1) is 27.7 Å². The van der Waals surface area contributed by atoms with E-state index in [1.165, 1.54) is 12.4 Å². The van der Waals surface area contributed by atoms with Gasteiger partial charge < -0.3 is 10.6 Å². The molecule has 0 fully saturated rings. The topological polar surface area (TPSA) is 66.9 Å². The Balaban J connectivity index is 1.75. The first kappa shape index (κ1) is 18.9. The smallest absolute Gasteiger partial charge is 0.258 e. The van der Waals surface area contributed by atoms with Crippen LogP contribution in [0.1, 0.15) is 32.6 Å². The Morgan fingerprint density at radius 1 is 0.926 bits per heavy atom. The number of halogens is 1. The number of aryl methyl sites for hydroxylation is 4. The average molecular weight is 381 g/mol. The van der Waals surface area contributed by atoms with E-state index in [-0.39, 0.29) is 5.91 Å². The van der Waals surface area contributed by atoms with Crippen molar-refractivity contribution in [2.24, 2.45) is 0 Å². The predicted octanol–water partition coefficient (Wildman–Crippen LogP) is 5.36. The molecule has 0 aliphatic heterocycles. The summed E-state index contributed by atoms with van der Waals surface area (Å²) in [7, 11) is 0. The van der Waals surface area contributed by atoms with Crippen LogP contribution in [0.4, 0.5) is 17.3 Å². The van der Waals surface area contributed by atoms with Gasteiger partial charge >= 0.3 is 0 Å². The number of hydrogen-bond donors (Lipinski definition) is 2. The molecular weight excluding hydrogens is 360 g/mol. The second-order valence-electron chi connectivity index (χ2n) is 6.63. The number of aromatic nitrogens is 2. The lowest BCUT2D eigenvalue weighted by molar-refractivity contribution is 0.102. The van der Waals surface area contributed by atoms with Crippen LogP contribution in [0.2, 0.25) is 5.02 Å². The number of anilines is 3. The highest BCUT2D eigenvalue weighted by atomic mass is 35.5. The van der Waals surface area contributed by atoms with Gasteiger partial charge in [0.05, 0.1) is 16.3 Å². The van der Waals surface area contributed by atoms with Gasteiger partial charge in [0.15, 0.2) is 0 Å². The molecule has 0 saturated heterocycles. The molecule has 6 heteroatoms. The zero-order valence-corrected chi connectivity index (χ0v) is 16.5. The summed E-state index contributed by atoms with van der Waals surface area (Å²) < 4.78 is 0. The highest BCUT2D eigenvalue weighted by Crippen LogP contribution is 2.29. The molecule has 2 N–H and O–H groups in total. The van der Waals surface area contributed by atoms with E-state index in [1.807, 2.05) is 58.0 Å². The maximum absolute atomic E-state index is 12.5. The number of rotatable bonds is 4. The molecule has 3 rings (SSSR count). The van der Waals surface area contributed by atoms with Crippen LogP contribution < -0.4 is 10.6 Å². The summed E-state index contributed by atoms with van der Waals surface area (Å²) in [5.74, 6) is 0.131. The van der Waals surface area contributed by atoms with Crippen molar-refractivity contribution in [1.82, 2.24) is 9.97 Å². The third-order valence-corrected chi connectivity index (χ3v) is 4.52. The molecule has 3 aromatic rings. The standard InChI is InChI=1S/C21H21ClN4O/c1-12-5-6-14(3)18(9-12)25-20(27)16-10-23-21(24-11-16)26-19-15(4)7-13(2)8-17(19)22/h5-11H,1-4H3,(H,25,27)(H,23,24,26). The quantitative estimate of drug-likeness (QED) is 0.639. The molecule has 5 nitrogen and oxygen atoms in total. The minimum atomic E-state index is -0.250. The summed E-state index contributed by atoms with van der Waals surface area (Å²) in [5, 5.41) is 6.62. The molecule has 138 valence electrons. The van der Waals surface area contributed by atoms with Crippen molar-refractivity contribution in [2.45, 2.75) is 27.7 Å². The summed E-state index contributed by atoms with van der Waals surface area (Å²) >= 11 is 6.30. The molecular formula is C21H21ClN4O. The summed E-state index contributed by atoms with van der Waals surface area (Å²) in [4.78, 5) is 20.9. The van der Waals surface area contributed by atoms with Crippen molar-refractivity contribution in [1.29, 1.82) is 0 Å². The van der Waals surface area contributed by atoms with E-state index in [1.54, 1.807) is 0 Å². The average Bonchev–Trinajstić information content (AvgIpc) is 2.61. The predicted molar refractivity (Wildman–Crippen MR) is 110 cm³/mol. The Bertz CT molecular complexity index is 977. The fourth-order valence-corrected chi connectivity index (χ4v) is 3.13. The maximum Gasteiger partial charge on any atom is 0.258 e. The Morgan fingerprint density at radius 2 is 1.63 bits per heavy atom. The Labute approximate surface area is 163 Å². The second kappa shape index (κ2) is 7.76. The van der Waals surface area contributed by atoms with Crippen LogP contribution >= 0.6 is 11.6 Å². The lowest BCUT2D eigenvalue weighted by Gasteiger charge is -2.12. The summed E-state index contributed by atoms with van der Waals surface area (Å²) in [6, 6.07) is 9.82. The largest absolute Gasteiger partial charge is 0.323 e. The van der Waals surface area contributed by atoms with Gasteiger partial charge in [-0.25, -0.2) is 9.97 Å². The SMILES string of the molecule is Cc1cc(C)c(Nc2ncc(C(=O)Nc3cc(C)ccc3C)cn2)c(Cl)c1. The van der Waals surface area contributed by atoms with E-state index < -0.39 is 0 Å². The van der Waals surface area contributed by atoms with Gasteiger partial charge in [-0.2, -0.15) is 0 Å². The van der Waals surface area contributed by atoms with Crippen molar-refractivity contribution >= 4 is 34.8 Å². The van der Waals surface area contributed by atoms with Crippen LogP contribution in [0.5, 0.6) is 0 Å². The highest BCUT2D eigenvalue weighted by Gasteiger charge is 2.11. The van der Waals surface area contributed by atoms with Gasteiger partial charge in [-0.05, 0) is 62.1 Å². The van der Waals surface area contributed by atoms with Crippen LogP contribution in [-0.2, 0) is 0 Å². The van der Waals surface area contributed by atoms with Gasteiger partial charge in [-0.3, -0.25) is 4.79 Å². The molecule has 0 bridgehead atoms. The van der Waals surface area contributed by atoms with E-state index >= 15 is 0 Å². The van der Waals surface area contributed by atoms with Crippen LogP contribution in [0.25, 0.3) is 0 Å². The molecule has 0 atom stereocenters. The monoisotopic (exact) mass is 380 g/mol. The van der Waals surface area contributed by atoms with E-state index in [9.17, 15) is 4.79 Å². The first-order chi connectivity index (χ1) is 12.8. The van der Waals surface area contributed by atoms with E-state index in [2.05, 4.69) is 20.6 Å². The molecule has 0 saturated carbocycles. The minimum Gasteiger partial charge on any atom is -0.323 e. The molecule has 0 spiro atoms. The number of hydrogen-bond acceptors (Lipinski definition) is 4. The van der Waals surface area contributed by atoms with Crippen molar-refractivity contribution in [3.8, 4) is 0 Å². The van der Waals surface area contributed by atoms with Gasteiger partial charge in [0, 0.05) is 18.1 Å². The molecule has 2 aromatic carbocycles. The lowest BCUT2D eigenvalue weighted by Crippen LogP contribution is -2.14. The van der Waals surface area contributed by atoms with Crippen molar-refractivity contribution in [3.05, 3.63) is 75.6 Å². The number of carbonyl (C=O) groups is 1. The molecule has 27 heavy (non-hydrogen) atoms. The summed E-state index contributed by atoms with van der Waals surface area (Å²) in [5.41, 5.74) is 6.09. The first-order valence-corrected chi connectivity index (χ1v) is 8.95. The third-order valence-electron chi connectivity index (χ3n) is 4.22. The molecule has 0 aliphatic carbocycles. The zero-order chi connectivity index (χ0) is 19.6. The molecule has 1 heterocycles. The number of nitrogens with one attached hydrogen (secondary N) is 2. The first-order valence-electron chi connectivity index (χ1n) is 8.58. The Morgan fingerprint density at radius 3 is 2.30 bits per heavy atom. The van der Waals surface area contributed by atoms with Gasteiger partial charge in [0.25, 0.3) is 5.91 Å².